The molecule has 0 heterocycles. The third kappa shape index (κ3) is 1.73. The zero-order valence-corrected chi connectivity index (χ0v) is 13.6. The molecule has 0 aromatic carbocycles. The van der Waals surface area contributed by atoms with Crippen molar-refractivity contribution >= 4 is 11.6 Å². The van der Waals surface area contributed by atoms with E-state index in [9.17, 15) is 14.9 Å². The molecule has 0 amide bonds. The number of fused-ring (bicyclic) bond motifs is 3. The highest BCUT2D eigenvalue weighted by molar-refractivity contribution is 6.05. The minimum absolute atomic E-state index is 0.00374. The number of hydrogen-bond donors (Lipinski definition) is 0. The Kier molecular flexibility index (Phi) is 2.92. The second kappa shape index (κ2) is 4.29. The van der Waals surface area contributed by atoms with Crippen LogP contribution < -0.4 is 0 Å². The second-order valence-corrected chi connectivity index (χ2v) is 7.81. The Hall–Kier alpha value is -1.95. The van der Waals surface area contributed by atoms with E-state index in [1.807, 2.05) is 26.0 Å². The van der Waals surface area contributed by atoms with Gasteiger partial charge in [0, 0.05) is 16.2 Å². The summed E-state index contributed by atoms with van der Waals surface area (Å²) in [5.74, 6) is 0.0403. The van der Waals surface area contributed by atoms with Crippen LogP contribution in [0.15, 0.2) is 35.5 Å². The molecule has 0 aromatic heterocycles. The van der Waals surface area contributed by atoms with Crippen LogP contribution in [0.25, 0.3) is 0 Å². The summed E-state index contributed by atoms with van der Waals surface area (Å²) in [6.07, 6.45) is 9.02. The molecule has 0 bridgehead atoms. The number of rotatable bonds is 0. The molecule has 0 aromatic rings. The highest BCUT2D eigenvalue weighted by atomic mass is 16.1. The summed E-state index contributed by atoms with van der Waals surface area (Å²) in [4.78, 5) is 24.5. The standard InChI is InChI=1S/C19H21NO2/c1-17(2)14-6-8-18(3)7-5-13(21)9-15(18)19(14,4)10-12(11-20)16(17)22/h5,7,9-10,14H,6,8H2,1-4H3/t14-,18+,19-/m0/s1. The third-order valence-electron chi connectivity index (χ3n) is 6.04. The number of carbonyl (C=O) groups excluding carboxylic acids is 2. The first-order valence-electron chi connectivity index (χ1n) is 7.79. The number of Topliss-reactive ketones (excluding diaryl/α,β-unsaturated/α-hetero) is 1. The van der Waals surface area contributed by atoms with Gasteiger partial charge in [0.15, 0.2) is 11.6 Å². The van der Waals surface area contributed by atoms with Crippen molar-refractivity contribution in [3.05, 3.63) is 35.5 Å². The minimum atomic E-state index is -0.582. The first kappa shape index (κ1) is 15.0. The van der Waals surface area contributed by atoms with Gasteiger partial charge in [0.25, 0.3) is 0 Å². The third-order valence-corrected chi connectivity index (χ3v) is 6.04. The maximum absolute atomic E-state index is 12.6. The molecule has 3 atom stereocenters. The zero-order valence-electron chi connectivity index (χ0n) is 13.6. The molecular weight excluding hydrogens is 274 g/mol. The van der Waals surface area contributed by atoms with E-state index in [-0.39, 0.29) is 28.5 Å². The van der Waals surface area contributed by atoms with Crippen LogP contribution in [0.4, 0.5) is 0 Å². The molecule has 3 aliphatic rings. The quantitative estimate of drug-likeness (QED) is 0.687. The maximum atomic E-state index is 12.6. The number of ketones is 2. The monoisotopic (exact) mass is 295 g/mol. The molecule has 22 heavy (non-hydrogen) atoms. The van der Waals surface area contributed by atoms with E-state index in [0.29, 0.717) is 0 Å². The lowest BCUT2D eigenvalue weighted by molar-refractivity contribution is -0.130. The summed E-state index contributed by atoms with van der Waals surface area (Å²) in [5, 5.41) is 9.37. The van der Waals surface area contributed by atoms with Gasteiger partial charge in [-0.3, -0.25) is 9.59 Å². The fourth-order valence-corrected chi connectivity index (χ4v) is 4.87. The topological polar surface area (TPSA) is 57.9 Å². The van der Waals surface area contributed by atoms with Crippen molar-refractivity contribution in [3.8, 4) is 6.07 Å². The summed E-state index contributed by atoms with van der Waals surface area (Å²) in [7, 11) is 0. The molecule has 3 aliphatic carbocycles. The van der Waals surface area contributed by atoms with E-state index in [1.54, 1.807) is 12.2 Å². The molecule has 0 unspecified atom stereocenters. The molecule has 3 rings (SSSR count). The smallest absolute Gasteiger partial charge is 0.178 e. The lowest BCUT2D eigenvalue weighted by atomic mass is 9.46. The van der Waals surface area contributed by atoms with Gasteiger partial charge >= 0.3 is 0 Å². The van der Waals surface area contributed by atoms with Gasteiger partial charge in [0.1, 0.15) is 6.07 Å². The van der Waals surface area contributed by atoms with E-state index >= 15 is 0 Å². The predicted octanol–water partition coefficient (Wildman–Crippen LogP) is 3.53. The lowest BCUT2D eigenvalue weighted by Gasteiger charge is -2.56. The normalized spacial score (nSPS) is 39.3. The Morgan fingerprint density at radius 1 is 1.23 bits per heavy atom. The summed E-state index contributed by atoms with van der Waals surface area (Å²) in [6.45, 7) is 8.10. The number of nitrogens with zero attached hydrogens (tertiary/aromatic N) is 1. The lowest BCUT2D eigenvalue weighted by Crippen LogP contribution is -2.52. The van der Waals surface area contributed by atoms with Crippen molar-refractivity contribution in [2.45, 2.75) is 40.5 Å². The molecule has 3 nitrogen and oxygen atoms in total. The van der Waals surface area contributed by atoms with Crippen LogP contribution in [0, 0.1) is 33.5 Å². The minimum Gasteiger partial charge on any atom is -0.293 e. The first-order valence-corrected chi connectivity index (χ1v) is 7.79. The largest absolute Gasteiger partial charge is 0.293 e. The average molecular weight is 295 g/mol. The van der Waals surface area contributed by atoms with Gasteiger partial charge in [0.2, 0.25) is 0 Å². The summed E-state index contributed by atoms with van der Waals surface area (Å²) >= 11 is 0. The SMILES string of the molecule is CC1(C)C(=O)C(C#N)=C[C@]2(C)C3=CC(=O)C=C[C@]3(C)CC[C@@H]12. The first-order chi connectivity index (χ1) is 10.1. The van der Waals surface area contributed by atoms with E-state index in [1.165, 1.54) is 0 Å². The Morgan fingerprint density at radius 3 is 2.55 bits per heavy atom. The number of hydrogen-bond acceptors (Lipinski definition) is 3. The molecule has 0 aliphatic heterocycles. The van der Waals surface area contributed by atoms with Crippen LogP contribution in [-0.2, 0) is 9.59 Å². The van der Waals surface area contributed by atoms with Crippen molar-refractivity contribution in [1.29, 1.82) is 5.26 Å². The van der Waals surface area contributed by atoms with Crippen molar-refractivity contribution < 1.29 is 9.59 Å². The Labute approximate surface area is 131 Å². The fourth-order valence-electron chi connectivity index (χ4n) is 4.87. The molecule has 114 valence electrons. The van der Waals surface area contributed by atoms with E-state index < -0.39 is 10.8 Å². The maximum Gasteiger partial charge on any atom is 0.178 e. The van der Waals surface area contributed by atoms with E-state index in [2.05, 4.69) is 19.9 Å². The highest BCUT2D eigenvalue weighted by Gasteiger charge is 2.58. The summed E-state index contributed by atoms with van der Waals surface area (Å²) < 4.78 is 0. The Balaban J connectivity index is 2.26. The van der Waals surface area contributed by atoms with Crippen LogP contribution in [-0.4, -0.2) is 11.6 Å². The van der Waals surface area contributed by atoms with E-state index in [4.69, 9.17) is 0 Å². The Bertz CT molecular complexity index is 716. The molecular formula is C19H21NO2. The van der Waals surface area contributed by atoms with Crippen LogP contribution in [0.1, 0.15) is 40.5 Å². The van der Waals surface area contributed by atoms with Gasteiger partial charge in [-0.25, -0.2) is 0 Å². The highest BCUT2D eigenvalue weighted by Crippen LogP contribution is 2.62. The molecule has 0 N–H and O–H groups in total. The van der Waals surface area contributed by atoms with Crippen LogP contribution >= 0.6 is 0 Å². The van der Waals surface area contributed by atoms with Crippen LogP contribution in [0.2, 0.25) is 0 Å². The molecule has 3 heteroatoms. The van der Waals surface area contributed by atoms with Crippen molar-refractivity contribution in [2.24, 2.45) is 22.2 Å². The van der Waals surface area contributed by atoms with E-state index in [0.717, 1.165) is 18.4 Å². The van der Waals surface area contributed by atoms with Gasteiger partial charge in [-0.15, -0.1) is 0 Å². The number of allylic oxidation sites excluding steroid dienone is 6. The van der Waals surface area contributed by atoms with Gasteiger partial charge in [-0.2, -0.15) is 5.26 Å². The average Bonchev–Trinajstić information content (AvgIpc) is 2.45. The van der Waals surface area contributed by atoms with Gasteiger partial charge in [-0.1, -0.05) is 39.8 Å². The van der Waals surface area contributed by atoms with Gasteiger partial charge in [-0.05, 0) is 36.5 Å². The Morgan fingerprint density at radius 2 is 1.91 bits per heavy atom. The molecule has 0 spiro atoms. The zero-order chi connectivity index (χ0) is 16.3. The number of carbonyl (C=O) groups is 2. The summed E-state index contributed by atoms with van der Waals surface area (Å²) in [5.41, 5.74) is 0.122. The van der Waals surface area contributed by atoms with Crippen molar-refractivity contribution in [2.75, 3.05) is 0 Å². The molecule has 1 saturated carbocycles. The molecule has 1 fully saturated rings. The van der Waals surface area contributed by atoms with Gasteiger partial charge < -0.3 is 0 Å². The summed E-state index contributed by atoms with van der Waals surface area (Å²) in [6, 6.07) is 2.07. The number of nitriles is 1. The van der Waals surface area contributed by atoms with Gasteiger partial charge in [0.05, 0.1) is 5.57 Å². The fraction of sp³-hybridized carbons (Fsp3) is 0.526. The van der Waals surface area contributed by atoms with Crippen molar-refractivity contribution in [1.82, 2.24) is 0 Å². The predicted molar refractivity (Wildman–Crippen MR) is 83.7 cm³/mol. The van der Waals surface area contributed by atoms with Crippen molar-refractivity contribution in [3.63, 3.8) is 0 Å². The van der Waals surface area contributed by atoms with Crippen LogP contribution in [0.5, 0.6) is 0 Å². The van der Waals surface area contributed by atoms with Crippen LogP contribution in [0.3, 0.4) is 0 Å². The second-order valence-electron chi connectivity index (χ2n) is 7.81. The molecule has 0 radical (unpaired) electrons. The molecule has 0 saturated heterocycles.